The molecule has 6 heteroatoms. The fraction of sp³-hybridized carbons (Fsp3) is 0.238. The van der Waals surface area contributed by atoms with Gasteiger partial charge >= 0.3 is 0 Å². The average Bonchev–Trinajstić information content (AvgIpc) is 3.41. The van der Waals surface area contributed by atoms with Crippen LogP contribution >= 0.6 is 0 Å². The minimum absolute atomic E-state index is 0.0830. The van der Waals surface area contributed by atoms with Gasteiger partial charge in [0.25, 0.3) is 0 Å². The summed E-state index contributed by atoms with van der Waals surface area (Å²) >= 11 is 0. The van der Waals surface area contributed by atoms with Gasteiger partial charge in [-0.3, -0.25) is 9.89 Å². The predicted molar refractivity (Wildman–Crippen MR) is 103 cm³/mol. The van der Waals surface area contributed by atoms with Gasteiger partial charge in [-0.05, 0) is 30.2 Å². The minimum atomic E-state index is -0.603. The second-order valence-electron chi connectivity index (χ2n) is 7.02. The summed E-state index contributed by atoms with van der Waals surface area (Å²) in [5, 5.41) is 10.0. The third-order valence-corrected chi connectivity index (χ3v) is 5.64. The molecule has 2 N–H and O–H groups in total. The number of nitrogens with zero attached hydrogens (tertiary/aromatic N) is 2. The first-order chi connectivity index (χ1) is 13.2. The lowest BCUT2D eigenvalue weighted by Crippen LogP contribution is -2.50. The van der Waals surface area contributed by atoms with Crippen molar-refractivity contribution in [3.8, 4) is 16.9 Å². The number of rotatable bonds is 3. The van der Waals surface area contributed by atoms with E-state index in [4.69, 9.17) is 4.74 Å². The van der Waals surface area contributed by atoms with Gasteiger partial charge in [0, 0.05) is 30.4 Å². The number of carbonyl (C=O) groups is 1. The zero-order valence-corrected chi connectivity index (χ0v) is 15.0. The van der Waals surface area contributed by atoms with Crippen molar-refractivity contribution in [2.75, 3.05) is 18.6 Å². The van der Waals surface area contributed by atoms with Crippen molar-refractivity contribution in [3.63, 3.8) is 0 Å². The molecule has 3 aromatic rings. The number of benzene rings is 2. The first kappa shape index (κ1) is 15.9. The molecule has 1 spiro atoms. The smallest absolute Gasteiger partial charge is 0.246 e. The molecular weight excluding hydrogens is 340 g/mol. The van der Waals surface area contributed by atoms with Crippen LogP contribution in [-0.4, -0.2) is 35.3 Å². The minimum Gasteiger partial charge on any atom is -0.496 e. The quantitative estimate of drug-likeness (QED) is 0.753. The van der Waals surface area contributed by atoms with Crippen LogP contribution in [0.5, 0.6) is 5.75 Å². The molecule has 5 rings (SSSR count). The molecule has 1 fully saturated rings. The Morgan fingerprint density at radius 3 is 2.74 bits per heavy atom. The SMILES string of the molecule is COc1cccc(N2c3ccccc3CC23CCNC3=O)c1-c1cn[nH]c1. The molecule has 2 aliphatic rings. The number of hydrogen-bond acceptors (Lipinski definition) is 4. The Hall–Kier alpha value is -3.28. The number of aromatic nitrogens is 2. The summed E-state index contributed by atoms with van der Waals surface area (Å²) in [7, 11) is 1.67. The lowest BCUT2D eigenvalue weighted by molar-refractivity contribution is -0.123. The highest BCUT2D eigenvalue weighted by molar-refractivity contribution is 6.00. The molecule has 1 atom stereocenters. The molecule has 0 bridgehead atoms. The second kappa shape index (κ2) is 5.87. The Bertz CT molecular complexity index is 1010. The fourth-order valence-corrected chi connectivity index (χ4v) is 4.46. The number of H-pyrrole nitrogens is 1. The van der Waals surface area contributed by atoms with Crippen molar-refractivity contribution in [2.24, 2.45) is 0 Å². The van der Waals surface area contributed by atoms with Gasteiger partial charge in [-0.2, -0.15) is 5.10 Å². The summed E-state index contributed by atoms with van der Waals surface area (Å²) in [6, 6.07) is 14.2. The van der Waals surface area contributed by atoms with Crippen LogP contribution < -0.4 is 15.0 Å². The number of fused-ring (bicyclic) bond motifs is 1. The lowest BCUT2D eigenvalue weighted by Gasteiger charge is -2.36. The Balaban J connectivity index is 1.79. The van der Waals surface area contributed by atoms with Crippen LogP contribution in [0.4, 0.5) is 11.4 Å². The molecule has 136 valence electrons. The molecule has 1 unspecified atom stereocenters. The number of hydrogen-bond donors (Lipinski definition) is 2. The number of para-hydroxylation sites is 1. The Morgan fingerprint density at radius 2 is 2.00 bits per heavy atom. The molecule has 2 aliphatic heterocycles. The van der Waals surface area contributed by atoms with Gasteiger partial charge in [0.05, 0.1) is 24.6 Å². The third-order valence-electron chi connectivity index (χ3n) is 5.64. The highest BCUT2D eigenvalue weighted by atomic mass is 16.5. The summed E-state index contributed by atoms with van der Waals surface area (Å²) in [5.41, 5.74) is 4.49. The number of amides is 1. The molecule has 1 amide bonds. The molecule has 6 nitrogen and oxygen atoms in total. The maximum atomic E-state index is 13.0. The normalized spacial score (nSPS) is 20.8. The topological polar surface area (TPSA) is 70.2 Å². The summed E-state index contributed by atoms with van der Waals surface area (Å²) < 4.78 is 5.67. The molecule has 1 saturated heterocycles. The van der Waals surface area contributed by atoms with Crippen LogP contribution in [0.3, 0.4) is 0 Å². The maximum Gasteiger partial charge on any atom is 0.246 e. The number of aromatic amines is 1. The summed E-state index contributed by atoms with van der Waals surface area (Å²) in [6.07, 6.45) is 5.11. The van der Waals surface area contributed by atoms with Crippen LogP contribution in [-0.2, 0) is 11.2 Å². The van der Waals surface area contributed by atoms with E-state index in [-0.39, 0.29) is 5.91 Å². The van der Waals surface area contributed by atoms with Crippen LogP contribution in [0.2, 0.25) is 0 Å². The molecule has 2 aromatic carbocycles. The highest BCUT2D eigenvalue weighted by Crippen LogP contribution is 2.51. The van der Waals surface area contributed by atoms with E-state index in [1.165, 1.54) is 5.56 Å². The predicted octanol–water partition coefficient (Wildman–Crippen LogP) is 3.04. The molecule has 0 radical (unpaired) electrons. The zero-order valence-electron chi connectivity index (χ0n) is 15.0. The van der Waals surface area contributed by atoms with Crippen molar-refractivity contribution in [1.82, 2.24) is 15.5 Å². The van der Waals surface area contributed by atoms with Gasteiger partial charge in [-0.1, -0.05) is 24.3 Å². The third kappa shape index (κ3) is 2.19. The van der Waals surface area contributed by atoms with E-state index in [0.29, 0.717) is 13.0 Å². The Morgan fingerprint density at radius 1 is 1.15 bits per heavy atom. The van der Waals surface area contributed by atoms with E-state index in [1.807, 2.05) is 30.5 Å². The summed E-state index contributed by atoms with van der Waals surface area (Å²) in [6.45, 7) is 0.689. The molecule has 27 heavy (non-hydrogen) atoms. The number of methoxy groups -OCH3 is 1. The fourth-order valence-electron chi connectivity index (χ4n) is 4.46. The van der Waals surface area contributed by atoms with Gasteiger partial charge in [0.2, 0.25) is 5.91 Å². The van der Waals surface area contributed by atoms with Crippen molar-refractivity contribution in [2.45, 2.75) is 18.4 Å². The molecular formula is C21H20N4O2. The van der Waals surface area contributed by atoms with Crippen LogP contribution in [0.25, 0.3) is 11.1 Å². The van der Waals surface area contributed by atoms with Crippen molar-refractivity contribution >= 4 is 17.3 Å². The monoisotopic (exact) mass is 360 g/mol. The number of carbonyl (C=O) groups excluding carboxylic acids is 1. The van der Waals surface area contributed by atoms with Gasteiger partial charge in [0.1, 0.15) is 11.3 Å². The molecule has 1 aromatic heterocycles. The molecule has 0 saturated carbocycles. The van der Waals surface area contributed by atoms with Gasteiger partial charge < -0.3 is 15.0 Å². The maximum absolute atomic E-state index is 13.0. The van der Waals surface area contributed by atoms with Gasteiger partial charge in [0.15, 0.2) is 0 Å². The number of anilines is 2. The first-order valence-corrected chi connectivity index (χ1v) is 9.07. The summed E-state index contributed by atoms with van der Waals surface area (Å²) in [4.78, 5) is 15.2. The van der Waals surface area contributed by atoms with E-state index in [2.05, 4.69) is 38.6 Å². The van der Waals surface area contributed by atoms with E-state index in [0.717, 1.165) is 34.7 Å². The van der Waals surface area contributed by atoms with E-state index < -0.39 is 5.54 Å². The molecule has 0 aliphatic carbocycles. The van der Waals surface area contributed by atoms with E-state index in [9.17, 15) is 4.79 Å². The van der Waals surface area contributed by atoms with Crippen LogP contribution in [0.1, 0.15) is 12.0 Å². The van der Waals surface area contributed by atoms with E-state index >= 15 is 0 Å². The average molecular weight is 360 g/mol. The highest BCUT2D eigenvalue weighted by Gasteiger charge is 2.53. The molecule has 3 heterocycles. The van der Waals surface area contributed by atoms with Crippen molar-refractivity contribution < 1.29 is 9.53 Å². The Kier molecular flexibility index (Phi) is 3.47. The van der Waals surface area contributed by atoms with Crippen LogP contribution in [0, 0.1) is 0 Å². The second-order valence-corrected chi connectivity index (χ2v) is 7.02. The van der Waals surface area contributed by atoms with Crippen molar-refractivity contribution in [1.29, 1.82) is 0 Å². The lowest BCUT2D eigenvalue weighted by atomic mass is 9.91. The van der Waals surface area contributed by atoms with Gasteiger partial charge in [-0.25, -0.2) is 0 Å². The zero-order chi connectivity index (χ0) is 18.4. The number of ether oxygens (including phenoxy) is 1. The number of nitrogens with one attached hydrogen (secondary N) is 2. The Labute approximate surface area is 157 Å². The van der Waals surface area contributed by atoms with E-state index in [1.54, 1.807) is 13.3 Å². The summed E-state index contributed by atoms with van der Waals surface area (Å²) in [5.74, 6) is 0.839. The van der Waals surface area contributed by atoms with Gasteiger partial charge in [-0.15, -0.1) is 0 Å². The largest absolute Gasteiger partial charge is 0.496 e. The van der Waals surface area contributed by atoms with Crippen molar-refractivity contribution in [3.05, 3.63) is 60.4 Å². The standard InChI is InChI=1S/C21H20N4O2/c1-27-18-8-4-7-17(19(18)15-12-23-24-13-15)25-16-6-3-2-5-14(16)11-21(25)9-10-22-20(21)26/h2-8,12-13H,9-11H2,1H3,(H,22,26)(H,23,24). The van der Waals surface area contributed by atoms with Crippen LogP contribution in [0.15, 0.2) is 54.9 Å². The first-order valence-electron chi connectivity index (χ1n) is 9.07.